The van der Waals surface area contributed by atoms with Crippen LogP contribution in [-0.4, -0.2) is 51.3 Å². The van der Waals surface area contributed by atoms with Crippen LogP contribution >= 0.6 is 0 Å². The van der Waals surface area contributed by atoms with Crippen LogP contribution < -0.4 is 5.32 Å². The predicted octanol–water partition coefficient (Wildman–Crippen LogP) is 2.29. The number of nitrogens with one attached hydrogen (secondary N) is 1. The number of likely N-dealkylation sites (tertiary alicyclic amines) is 1. The number of hydrogen-bond donors (Lipinski definition) is 1. The maximum absolute atomic E-state index is 13.0. The van der Waals surface area contributed by atoms with Crippen LogP contribution in [-0.2, 0) is 17.8 Å². The molecule has 7 nitrogen and oxygen atoms in total. The Morgan fingerprint density at radius 2 is 1.87 bits per heavy atom. The van der Waals surface area contributed by atoms with Crippen LogP contribution in [0.2, 0.25) is 0 Å². The standard InChI is InChI=1S/C23H24FN5O2/c24-20-8-6-18(7-9-20)15-29-16-21(26-27-29)23(31)25-13-19-12-22(30)28(14-19)11-10-17-4-2-1-3-5-17/h1-9,16,19H,10-15H2,(H,25,31). The SMILES string of the molecule is O=C(NCC1CC(=O)N(CCc2ccccc2)C1)c1cn(Cc2ccc(F)cc2)nn1. The lowest BCUT2D eigenvalue weighted by molar-refractivity contribution is -0.127. The molecule has 1 atom stereocenters. The van der Waals surface area contributed by atoms with E-state index in [9.17, 15) is 14.0 Å². The van der Waals surface area contributed by atoms with Crippen LogP contribution in [0.15, 0.2) is 60.8 Å². The van der Waals surface area contributed by atoms with Crippen LogP contribution in [0.1, 0.15) is 28.0 Å². The predicted molar refractivity (Wildman–Crippen MR) is 113 cm³/mol. The summed E-state index contributed by atoms with van der Waals surface area (Å²) < 4.78 is 14.5. The number of amides is 2. The zero-order valence-corrected chi connectivity index (χ0v) is 17.1. The molecule has 2 amide bonds. The van der Waals surface area contributed by atoms with Gasteiger partial charge in [-0.05, 0) is 29.7 Å². The first-order valence-electron chi connectivity index (χ1n) is 10.3. The Labute approximate surface area is 179 Å². The third-order valence-electron chi connectivity index (χ3n) is 5.39. The van der Waals surface area contributed by atoms with Crippen molar-refractivity contribution in [3.63, 3.8) is 0 Å². The molecule has 1 N–H and O–H groups in total. The minimum absolute atomic E-state index is 0.0847. The van der Waals surface area contributed by atoms with Gasteiger partial charge in [-0.15, -0.1) is 5.10 Å². The van der Waals surface area contributed by atoms with Gasteiger partial charge in [-0.2, -0.15) is 0 Å². The molecule has 1 fully saturated rings. The Hall–Kier alpha value is -3.55. The van der Waals surface area contributed by atoms with Crippen molar-refractivity contribution in [1.82, 2.24) is 25.2 Å². The average Bonchev–Trinajstić information content (AvgIpc) is 3.39. The fraction of sp³-hybridized carbons (Fsp3) is 0.304. The summed E-state index contributed by atoms with van der Waals surface area (Å²) in [6.45, 7) is 2.14. The van der Waals surface area contributed by atoms with Gasteiger partial charge in [0.15, 0.2) is 5.69 Å². The first kappa shape index (κ1) is 20.7. The number of hydrogen-bond acceptors (Lipinski definition) is 4. The molecule has 1 aromatic heterocycles. The number of nitrogens with zero attached hydrogens (tertiary/aromatic N) is 4. The van der Waals surface area contributed by atoms with Crippen molar-refractivity contribution in [1.29, 1.82) is 0 Å². The Morgan fingerprint density at radius 3 is 2.65 bits per heavy atom. The molecule has 1 aliphatic rings. The highest BCUT2D eigenvalue weighted by molar-refractivity contribution is 5.91. The topological polar surface area (TPSA) is 80.1 Å². The van der Waals surface area contributed by atoms with Crippen molar-refractivity contribution in [2.75, 3.05) is 19.6 Å². The molecule has 0 radical (unpaired) electrons. The largest absolute Gasteiger partial charge is 0.350 e. The van der Waals surface area contributed by atoms with Gasteiger partial charge in [0.2, 0.25) is 5.91 Å². The molecule has 0 aliphatic carbocycles. The highest BCUT2D eigenvalue weighted by Crippen LogP contribution is 2.18. The number of aromatic nitrogens is 3. The summed E-state index contributed by atoms with van der Waals surface area (Å²) in [5.74, 6) is -0.408. The molecule has 8 heteroatoms. The lowest BCUT2D eigenvalue weighted by Crippen LogP contribution is -2.32. The van der Waals surface area contributed by atoms with E-state index in [1.807, 2.05) is 23.1 Å². The molecule has 4 rings (SSSR count). The summed E-state index contributed by atoms with van der Waals surface area (Å²) in [6, 6.07) is 16.2. The molecule has 1 unspecified atom stereocenters. The van der Waals surface area contributed by atoms with E-state index in [1.54, 1.807) is 18.3 Å². The fourth-order valence-corrected chi connectivity index (χ4v) is 3.70. The number of halogens is 1. The monoisotopic (exact) mass is 421 g/mol. The third-order valence-corrected chi connectivity index (χ3v) is 5.39. The quantitative estimate of drug-likeness (QED) is 0.605. The van der Waals surface area contributed by atoms with Gasteiger partial charge in [0, 0.05) is 32.0 Å². The van der Waals surface area contributed by atoms with E-state index in [0.717, 1.165) is 12.0 Å². The molecule has 0 spiro atoms. The van der Waals surface area contributed by atoms with E-state index in [1.165, 1.54) is 22.4 Å². The van der Waals surface area contributed by atoms with Gasteiger partial charge in [-0.25, -0.2) is 9.07 Å². The molecule has 0 bridgehead atoms. The normalized spacial score (nSPS) is 16.0. The van der Waals surface area contributed by atoms with Crippen LogP contribution in [0.5, 0.6) is 0 Å². The minimum Gasteiger partial charge on any atom is -0.350 e. The summed E-state index contributed by atoms with van der Waals surface area (Å²) in [5, 5.41) is 10.7. The van der Waals surface area contributed by atoms with Crippen molar-refractivity contribution >= 4 is 11.8 Å². The first-order chi connectivity index (χ1) is 15.1. The Balaban J connectivity index is 1.24. The summed E-state index contributed by atoms with van der Waals surface area (Å²) in [4.78, 5) is 26.6. The van der Waals surface area contributed by atoms with Crippen molar-refractivity contribution < 1.29 is 14.0 Å². The molecule has 2 aromatic carbocycles. The van der Waals surface area contributed by atoms with Gasteiger partial charge < -0.3 is 10.2 Å². The molecular formula is C23H24FN5O2. The number of benzene rings is 2. The second kappa shape index (κ2) is 9.51. The van der Waals surface area contributed by atoms with E-state index >= 15 is 0 Å². The van der Waals surface area contributed by atoms with E-state index < -0.39 is 0 Å². The summed E-state index contributed by atoms with van der Waals surface area (Å²) in [6.07, 6.45) is 2.82. The second-order valence-corrected chi connectivity index (χ2v) is 7.78. The number of carbonyl (C=O) groups is 2. The van der Waals surface area contributed by atoms with Gasteiger partial charge in [-0.3, -0.25) is 9.59 Å². The minimum atomic E-state index is -0.319. The highest BCUT2D eigenvalue weighted by Gasteiger charge is 2.29. The van der Waals surface area contributed by atoms with Gasteiger partial charge in [0.1, 0.15) is 5.82 Å². The summed E-state index contributed by atoms with van der Waals surface area (Å²) in [7, 11) is 0. The van der Waals surface area contributed by atoms with Crippen molar-refractivity contribution in [2.45, 2.75) is 19.4 Å². The zero-order chi connectivity index (χ0) is 21.6. The van der Waals surface area contributed by atoms with Crippen molar-refractivity contribution in [3.8, 4) is 0 Å². The van der Waals surface area contributed by atoms with Gasteiger partial charge in [0.25, 0.3) is 5.91 Å². The second-order valence-electron chi connectivity index (χ2n) is 7.78. The van der Waals surface area contributed by atoms with Crippen LogP contribution in [0.3, 0.4) is 0 Å². The lowest BCUT2D eigenvalue weighted by Gasteiger charge is -2.16. The van der Waals surface area contributed by atoms with Crippen LogP contribution in [0.4, 0.5) is 4.39 Å². The summed E-state index contributed by atoms with van der Waals surface area (Å²) >= 11 is 0. The van der Waals surface area contributed by atoms with Crippen LogP contribution in [0.25, 0.3) is 0 Å². The summed E-state index contributed by atoms with van der Waals surface area (Å²) in [5.41, 5.74) is 2.28. The average molecular weight is 421 g/mol. The molecule has 0 saturated carbocycles. The fourth-order valence-electron chi connectivity index (χ4n) is 3.70. The maximum atomic E-state index is 13.0. The van der Waals surface area contributed by atoms with E-state index in [4.69, 9.17) is 0 Å². The molecule has 160 valence electrons. The Morgan fingerprint density at radius 1 is 1.10 bits per heavy atom. The maximum Gasteiger partial charge on any atom is 0.273 e. The molecule has 2 heterocycles. The molecular weight excluding hydrogens is 397 g/mol. The molecule has 31 heavy (non-hydrogen) atoms. The van der Waals surface area contributed by atoms with E-state index in [-0.39, 0.29) is 29.2 Å². The molecule has 3 aromatic rings. The number of carbonyl (C=O) groups excluding carboxylic acids is 2. The van der Waals surface area contributed by atoms with E-state index in [0.29, 0.717) is 32.6 Å². The highest BCUT2D eigenvalue weighted by atomic mass is 19.1. The van der Waals surface area contributed by atoms with Gasteiger partial charge in [0.05, 0.1) is 12.7 Å². The van der Waals surface area contributed by atoms with Crippen molar-refractivity contribution in [3.05, 3.63) is 83.4 Å². The van der Waals surface area contributed by atoms with Crippen LogP contribution in [0, 0.1) is 11.7 Å². The lowest BCUT2D eigenvalue weighted by atomic mass is 10.1. The third kappa shape index (κ3) is 5.53. The Kier molecular flexibility index (Phi) is 6.35. The molecule has 1 aliphatic heterocycles. The zero-order valence-electron chi connectivity index (χ0n) is 17.1. The van der Waals surface area contributed by atoms with Gasteiger partial charge in [-0.1, -0.05) is 47.7 Å². The number of rotatable bonds is 8. The first-order valence-corrected chi connectivity index (χ1v) is 10.3. The smallest absolute Gasteiger partial charge is 0.273 e. The Bertz CT molecular complexity index is 1040. The van der Waals surface area contributed by atoms with Crippen molar-refractivity contribution in [2.24, 2.45) is 5.92 Å². The van der Waals surface area contributed by atoms with E-state index in [2.05, 4.69) is 27.8 Å². The molecule has 1 saturated heterocycles. The van der Waals surface area contributed by atoms with Gasteiger partial charge >= 0.3 is 0 Å².